The first-order valence-corrected chi connectivity index (χ1v) is 12.5. The van der Waals surface area contributed by atoms with Gasteiger partial charge in [-0.2, -0.15) is 0 Å². The van der Waals surface area contributed by atoms with Crippen LogP contribution >= 0.6 is 11.3 Å². The Morgan fingerprint density at radius 1 is 1.22 bits per heavy atom. The van der Waals surface area contributed by atoms with E-state index in [9.17, 15) is 19.8 Å². The Labute approximate surface area is 193 Å². The molecule has 7 atom stereocenters. The van der Waals surface area contributed by atoms with Gasteiger partial charge in [0, 0.05) is 22.8 Å². The molecule has 1 saturated carbocycles. The van der Waals surface area contributed by atoms with Gasteiger partial charge in [0.1, 0.15) is 6.10 Å². The number of aliphatic hydroxyl groups excluding tert-OH is 2. The standard InChI is InChI=1S/C25H33NO5S/c1-13(7-19-12-32-15(3)26-19)22-10-18-8-16(18)5-4-6-17-9-20(21(27)11-23(28)31-22)25(30)14(2)24(17)29/h7,9,12,14,16-18,21-22,24,27,29H,4-6,8,10-11H2,1-3H3/b13-7+/t14-,16+,17-,18+,21+,22?,24-/m1/s1. The number of carbonyl (C=O) groups excluding carboxylic acids is 2. The summed E-state index contributed by atoms with van der Waals surface area (Å²) in [6.07, 6.45) is 5.82. The zero-order valence-electron chi connectivity index (χ0n) is 19.0. The quantitative estimate of drug-likeness (QED) is 0.652. The summed E-state index contributed by atoms with van der Waals surface area (Å²) >= 11 is 1.58. The fourth-order valence-corrected chi connectivity index (χ4v) is 5.72. The Bertz CT molecular complexity index is 935. The van der Waals surface area contributed by atoms with Gasteiger partial charge < -0.3 is 14.9 Å². The van der Waals surface area contributed by atoms with E-state index in [-0.39, 0.29) is 29.8 Å². The van der Waals surface area contributed by atoms with Crippen LogP contribution in [0.1, 0.15) is 63.1 Å². The molecular formula is C25H33NO5S. The van der Waals surface area contributed by atoms with Crippen molar-refractivity contribution in [2.75, 3.05) is 0 Å². The average molecular weight is 460 g/mol. The SMILES string of the molecule is C/C(=C\c1csc(C)n1)C1C[C@@H]2C[C@@H]2CCC[C@@H]2C=C(C(=O)[C@H](C)[C@H]2O)[C@@H](O)CC(=O)O1. The number of Topliss-reactive ketones (excluding diaryl/α,β-unsaturated/α-hetero) is 1. The molecule has 1 fully saturated rings. The number of hydrogen-bond acceptors (Lipinski definition) is 7. The van der Waals surface area contributed by atoms with Crippen LogP contribution < -0.4 is 0 Å². The summed E-state index contributed by atoms with van der Waals surface area (Å²) in [4.78, 5) is 29.9. The fourth-order valence-electron chi connectivity index (χ4n) is 5.15. The van der Waals surface area contributed by atoms with Crippen molar-refractivity contribution < 1.29 is 24.5 Å². The molecule has 174 valence electrons. The zero-order valence-corrected chi connectivity index (χ0v) is 19.8. The van der Waals surface area contributed by atoms with E-state index in [0.29, 0.717) is 11.8 Å². The summed E-state index contributed by atoms with van der Waals surface area (Å²) in [5.41, 5.74) is 2.05. The minimum absolute atomic E-state index is 0.164. The first-order valence-electron chi connectivity index (χ1n) is 11.6. The number of hydrogen-bond donors (Lipinski definition) is 2. The molecule has 2 N–H and O–H groups in total. The van der Waals surface area contributed by atoms with Crippen molar-refractivity contribution >= 4 is 29.2 Å². The largest absolute Gasteiger partial charge is 0.458 e. The number of rotatable bonds is 2. The van der Waals surface area contributed by atoms with Crippen molar-refractivity contribution in [3.05, 3.63) is 33.3 Å². The number of cyclic esters (lactones) is 1. The smallest absolute Gasteiger partial charge is 0.309 e. The van der Waals surface area contributed by atoms with E-state index in [1.165, 1.54) is 0 Å². The van der Waals surface area contributed by atoms with Gasteiger partial charge in [0.25, 0.3) is 0 Å². The number of nitrogens with zero attached hydrogens (tertiary/aromatic N) is 1. The highest BCUT2D eigenvalue weighted by Gasteiger charge is 2.41. The Morgan fingerprint density at radius 2 is 2.00 bits per heavy atom. The van der Waals surface area contributed by atoms with Gasteiger partial charge in [0.2, 0.25) is 0 Å². The van der Waals surface area contributed by atoms with Crippen molar-refractivity contribution in [2.24, 2.45) is 23.7 Å². The van der Waals surface area contributed by atoms with Gasteiger partial charge in [-0.15, -0.1) is 11.3 Å². The summed E-state index contributed by atoms with van der Waals surface area (Å²) < 4.78 is 5.84. The molecule has 0 aromatic carbocycles. The third-order valence-corrected chi connectivity index (χ3v) is 8.05. The maximum absolute atomic E-state index is 12.8. The Hall–Kier alpha value is -1.83. The molecule has 2 heterocycles. The second-order valence-electron chi connectivity index (χ2n) is 9.73. The predicted molar refractivity (Wildman–Crippen MR) is 123 cm³/mol. The summed E-state index contributed by atoms with van der Waals surface area (Å²) in [5, 5.41) is 24.2. The van der Waals surface area contributed by atoms with Gasteiger partial charge in [0.15, 0.2) is 5.78 Å². The first-order chi connectivity index (χ1) is 15.2. The molecule has 1 aliphatic heterocycles. The molecule has 7 heteroatoms. The van der Waals surface area contributed by atoms with Crippen LogP contribution in [0, 0.1) is 30.6 Å². The topological polar surface area (TPSA) is 96.7 Å². The summed E-state index contributed by atoms with van der Waals surface area (Å²) in [6, 6.07) is 0. The van der Waals surface area contributed by atoms with Gasteiger partial charge in [-0.1, -0.05) is 25.8 Å². The number of fused-ring (bicyclic) bond motifs is 2. The lowest BCUT2D eigenvalue weighted by Gasteiger charge is -2.32. The third-order valence-electron chi connectivity index (χ3n) is 7.25. The maximum atomic E-state index is 12.8. The number of ketones is 1. The molecule has 6 nitrogen and oxygen atoms in total. The zero-order chi connectivity index (χ0) is 23.0. The van der Waals surface area contributed by atoms with Crippen LogP contribution in [0.25, 0.3) is 6.08 Å². The molecule has 0 saturated heterocycles. The molecule has 4 rings (SSSR count). The van der Waals surface area contributed by atoms with Crippen molar-refractivity contribution in [1.82, 2.24) is 4.98 Å². The van der Waals surface area contributed by atoms with Crippen molar-refractivity contribution in [1.29, 1.82) is 0 Å². The number of thiazole rings is 1. The van der Waals surface area contributed by atoms with E-state index in [1.807, 2.05) is 25.3 Å². The monoisotopic (exact) mass is 459 g/mol. The lowest BCUT2D eigenvalue weighted by molar-refractivity contribution is -0.149. The fraction of sp³-hybridized carbons (Fsp3) is 0.640. The second kappa shape index (κ2) is 9.57. The Kier molecular flexibility index (Phi) is 6.98. The number of aromatic nitrogens is 1. The van der Waals surface area contributed by atoms with Crippen LogP contribution in [-0.2, 0) is 14.3 Å². The molecule has 1 aromatic rings. The molecule has 2 aliphatic carbocycles. The van der Waals surface area contributed by atoms with Gasteiger partial charge in [0.05, 0.1) is 29.3 Å². The molecule has 1 unspecified atom stereocenters. The molecule has 1 aromatic heterocycles. The van der Waals surface area contributed by atoms with E-state index in [2.05, 4.69) is 4.98 Å². The second-order valence-corrected chi connectivity index (χ2v) is 10.8. The molecule has 3 aliphatic rings. The average Bonchev–Trinajstić information content (AvgIpc) is 3.35. The van der Waals surface area contributed by atoms with Crippen molar-refractivity contribution in [3.63, 3.8) is 0 Å². The van der Waals surface area contributed by atoms with Gasteiger partial charge in [-0.3, -0.25) is 9.59 Å². The maximum Gasteiger partial charge on any atom is 0.309 e. The molecule has 0 radical (unpaired) electrons. The highest BCUT2D eigenvalue weighted by molar-refractivity contribution is 7.09. The van der Waals surface area contributed by atoms with Crippen molar-refractivity contribution in [3.8, 4) is 0 Å². The number of aryl methyl sites for hydroxylation is 1. The molecule has 2 bridgehead atoms. The van der Waals surface area contributed by atoms with Gasteiger partial charge in [-0.05, 0) is 56.6 Å². The van der Waals surface area contributed by atoms with E-state index in [0.717, 1.165) is 48.4 Å². The van der Waals surface area contributed by atoms with E-state index in [1.54, 1.807) is 24.3 Å². The number of esters is 1. The van der Waals surface area contributed by atoms with Gasteiger partial charge >= 0.3 is 5.97 Å². The third kappa shape index (κ3) is 5.21. The molecule has 0 amide bonds. The van der Waals surface area contributed by atoms with Crippen LogP contribution in [0.3, 0.4) is 0 Å². The van der Waals surface area contributed by atoms with Crippen LogP contribution in [-0.4, -0.2) is 45.3 Å². The highest BCUT2D eigenvalue weighted by Crippen LogP contribution is 2.47. The summed E-state index contributed by atoms with van der Waals surface area (Å²) in [6.45, 7) is 5.62. The molecule has 32 heavy (non-hydrogen) atoms. The van der Waals surface area contributed by atoms with E-state index < -0.39 is 24.1 Å². The molecule has 0 spiro atoms. The predicted octanol–water partition coefficient (Wildman–Crippen LogP) is 3.85. The van der Waals surface area contributed by atoms with E-state index in [4.69, 9.17) is 4.74 Å². The normalized spacial score (nSPS) is 36.6. The highest BCUT2D eigenvalue weighted by atomic mass is 32.1. The number of ether oxygens (including phenoxy) is 1. The Balaban J connectivity index is 1.55. The lowest BCUT2D eigenvalue weighted by Crippen LogP contribution is -2.40. The molecular weight excluding hydrogens is 426 g/mol. The van der Waals surface area contributed by atoms with E-state index >= 15 is 0 Å². The minimum Gasteiger partial charge on any atom is -0.458 e. The number of aliphatic hydroxyl groups is 2. The first kappa shape index (κ1) is 23.3. The number of carbonyl (C=O) groups is 2. The van der Waals surface area contributed by atoms with Crippen molar-refractivity contribution in [2.45, 2.75) is 77.6 Å². The van der Waals surface area contributed by atoms with Crippen LogP contribution in [0.15, 0.2) is 22.6 Å². The Morgan fingerprint density at radius 3 is 2.72 bits per heavy atom. The van der Waals surface area contributed by atoms with Crippen LogP contribution in [0.2, 0.25) is 0 Å². The van der Waals surface area contributed by atoms with Gasteiger partial charge in [-0.25, -0.2) is 4.98 Å². The lowest BCUT2D eigenvalue weighted by atomic mass is 9.76. The minimum atomic E-state index is -1.21. The van der Waals surface area contributed by atoms with Crippen LogP contribution in [0.4, 0.5) is 0 Å². The summed E-state index contributed by atoms with van der Waals surface area (Å²) in [7, 11) is 0. The summed E-state index contributed by atoms with van der Waals surface area (Å²) in [5.74, 6) is -0.404. The van der Waals surface area contributed by atoms with Crippen LogP contribution in [0.5, 0.6) is 0 Å².